The van der Waals surface area contributed by atoms with E-state index in [0.29, 0.717) is 28.2 Å². The van der Waals surface area contributed by atoms with Crippen LogP contribution in [0.5, 0.6) is 6.01 Å². The first-order chi connectivity index (χ1) is 15.4. The summed E-state index contributed by atoms with van der Waals surface area (Å²) in [6.07, 6.45) is 0. The first-order valence-corrected chi connectivity index (χ1v) is 10.9. The van der Waals surface area contributed by atoms with Gasteiger partial charge in [0, 0.05) is 23.2 Å². The van der Waals surface area contributed by atoms with Crippen LogP contribution in [0.15, 0.2) is 47.4 Å². The van der Waals surface area contributed by atoms with Gasteiger partial charge in [-0.25, -0.2) is 0 Å². The lowest BCUT2D eigenvalue weighted by molar-refractivity contribution is 0.379. The number of H-pyrrole nitrogens is 1. The largest absolute Gasteiger partial charge is 0.593 e. The van der Waals surface area contributed by atoms with Gasteiger partial charge in [0.1, 0.15) is 5.52 Å². The topological polar surface area (TPSA) is 165 Å². The Morgan fingerprint density at radius 3 is 2.69 bits per heavy atom. The second-order valence-corrected chi connectivity index (χ2v) is 8.08. The number of aryl methyl sites for hydroxylation is 1. The average Bonchev–Trinajstić information content (AvgIpc) is 3.13. The quantitative estimate of drug-likeness (QED) is 0.200. The molecule has 6 N–H and O–H groups in total. The summed E-state index contributed by atoms with van der Waals surface area (Å²) in [5.74, 6) is 0.664. The molecule has 10 nitrogen and oxygen atoms in total. The van der Waals surface area contributed by atoms with E-state index in [9.17, 15) is 14.6 Å². The Bertz CT molecular complexity index is 1270. The van der Waals surface area contributed by atoms with Gasteiger partial charge in [-0.3, -0.25) is 0 Å². The van der Waals surface area contributed by atoms with Gasteiger partial charge in [0.25, 0.3) is 0 Å². The molecule has 1 unspecified atom stereocenters. The number of nitrogens with two attached hydrogens (primary N) is 1. The highest BCUT2D eigenvalue weighted by atomic mass is 32.2. The van der Waals surface area contributed by atoms with Crippen molar-refractivity contribution in [2.75, 3.05) is 12.4 Å². The number of benzene rings is 2. The summed E-state index contributed by atoms with van der Waals surface area (Å²) in [7, 11) is -0.0800. The predicted molar refractivity (Wildman–Crippen MR) is 123 cm³/mol. The van der Waals surface area contributed by atoms with Gasteiger partial charge in [0.2, 0.25) is 5.95 Å². The zero-order chi connectivity index (χ0) is 22.8. The van der Waals surface area contributed by atoms with Crippen LogP contribution < -0.4 is 20.7 Å². The number of para-hydroxylation sites is 1. The van der Waals surface area contributed by atoms with Gasteiger partial charge >= 0.3 is 13.1 Å². The number of aromatic nitrogens is 4. The zero-order valence-corrected chi connectivity index (χ0v) is 18.2. The monoisotopic (exact) mass is 452 g/mol. The van der Waals surface area contributed by atoms with Crippen molar-refractivity contribution in [3.05, 3.63) is 53.7 Å². The van der Waals surface area contributed by atoms with Crippen LogP contribution in [-0.2, 0) is 17.9 Å². The van der Waals surface area contributed by atoms with E-state index in [-0.39, 0.29) is 12.0 Å². The SMILES string of the molecule is COc1nc(NCc2cccc(B(O)O)c2)nc(-c2c(C)[nH]c3c([S+](N)[O-])cccc23)n1. The molecule has 0 saturated carbocycles. The van der Waals surface area contributed by atoms with E-state index in [1.807, 2.05) is 19.1 Å². The maximum atomic E-state index is 11.9. The highest BCUT2D eigenvalue weighted by Gasteiger charge is 2.21. The third-order valence-electron chi connectivity index (χ3n) is 4.92. The minimum atomic E-state index is -1.65. The van der Waals surface area contributed by atoms with Crippen molar-refractivity contribution in [2.24, 2.45) is 5.14 Å². The molecule has 4 rings (SSSR count). The maximum absolute atomic E-state index is 11.9. The molecule has 2 aromatic carbocycles. The Hall–Kier alpha value is -3.16. The number of nitrogens with one attached hydrogen (secondary N) is 2. The number of hydrogen-bond acceptors (Lipinski definition) is 9. The van der Waals surface area contributed by atoms with Crippen LogP contribution in [0.4, 0.5) is 5.95 Å². The Morgan fingerprint density at radius 1 is 1.19 bits per heavy atom. The van der Waals surface area contributed by atoms with Gasteiger partial charge in [0.15, 0.2) is 10.7 Å². The second-order valence-electron chi connectivity index (χ2n) is 7.04. The molecular formula is C20H21BN6O4S. The Labute approximate surface area is 187 Å². The fourth-order valence-electron chi connectivity index (χ4n) is 3.46. The predicted octanol–water partition coefficient (Wildman–Crippen LogP) is 0.610. The fraction of sp³-hybridized carbons (Fsp3) is 0.150. The molecule has 0 saturated heterocycles. The summed E-state index contributed by atoms with van der Waals surface area (Å²) in [4.78, 5) is 16.9. The highest BCUT2D eigenvalue weighted by molar-refractivity contribution is 7.89. The number of methoxy groups -OCH3 is 1. The van der Waals surface area contributed by atoms with Crippen molar-refractivity contribution in [2.45, 2.75) is 18.4 Å². The molecule has 4 aromatic rings. The molecule has 164 valence electrons. The van der Waals surface area contributed by atoms with Gasteiger partial charge in [-0.15, -0.1) is 5.14 Å². The molecule has 0 bridgehead atoms. The Morgan fingerprint density at radius 2 is 1.97 bits per heavy atom. The number of anilines is 1. The fourth-order valence-corrected chi connectivity index (χ4v) is 4.03. The summed E-state index contributed by atoms with van der Waals surface area (Å²) in [6.45, 7) is 2.21. The third kappa shape index (κ3) is 4.40. The third-order valence-corrected chi connectivity index (χ3v) is 5.69. The van der Waals surface area contributed by atoms with Gasteiger partial charge in [-0.2, -0.15) is 15.0 Å². The van der Waals surface area contributed by atoms with Crippen molar-refractivity contribution < 1.29 is 19.3 Å². The van der Waals surface area contributed by atoms with Crippen LogP contribution in [0.3, 0.4) is 0 Å². The van der Waals surface area contributed by atoms with E-state index in [1.54, 1.807) is 30.3 Å². The van der Waals surface area contributed by atoms with Crippen LogP contribution in [0.2, 0.25) is 0 Å². The lowest BCUT2D eigenvalue weighted by Crippen LogP contribution is -2.30. The average molecular weight is 452 g/mol. The number of fused-ring (bicyclic) bond motifs is 1. The Balaban J connectivity index is 1.71. The normalized spacial score (nSPS) is 12.1. The molecule has 0 aliphatic carbocycles. The molecule has 0 spiro atoms. The molecule has 0 aliphatic heterocycles. The maximum Gasteiger partial charge on any atom is 0.488 e. The van der Waals surface area contributed by atoms with Crippen molar-refractivity contribution in [3.63, 3.8) is 0 Å². The molecule has 12 heteroatoms. The Kier molecular flexibility index (Phi) is 6.30. The van der Waals surface area contributed by atoms with E-state index in [4.69, 9.17) is 9.88 Å². The number of ether oxygens (including phenoxy) is 1. The first kappa shape index (κ1) is 22.1. The lowest BCUT2D eigenvalue weighted by atomic mass is 9.80. The van der Waals surface area contributed by atoms with E-state index < -0.39 is 18.5 Å². The minimum Gasteiger partial charge on any atom is -0.593 e. The summed E-state index contributed by atoms with van der Waals surface area (Å²) in [5.41, 5.74) is 3.37. The summed E-state index contributed by atoms with van der Waals surface area (Å²) in [5, 5.41) is 28.3. The molecule has 0 amide bonds. The van der Waals surface area contributed by atoms with Crippen LogP contribution in [0, 0.1) is 6.92 Å². The highest BCUT2D eigenvalue weighted by Crippen LogP contribution is 2.33. The van der Waals surface area contributed by atoms with E-state index >= 15 is 0 Å². The molecule has 2 heterocycles. The van der Waals surface area contributed by atoms with Crippen LogP contribution in [0.1, 0.15) is 11.3 Å². The van der Waals surface area contributed by atoms with Gasteiger partial charge in [0.05, 0.1) is 18.5 Å². The smallest absolute Gasteiger partial charge is 0.488 e. The summed E-state index contributed by atoms with van der Waals surface area (Å²) >= 11 is -1.65. The number of rotatable bonds is 7. The van der Waals surface area contributed by atoms with Crippen molar-refractivity contribution in [3.8, 4) is 17.4 Å². The second kappa shape index (κ2) is 9.14. The number of aromatic amines is 1. The van der Waals surface area contributed by atoms with E-state index in [1.165, 1.54) is 7.11 Å². The first-order valence-electron chi connectivity index (χ1n) is 9.64. The lowest BCUT2D eigenvalue weighted by Gasteiger charge is -2.10. The van der Waals surface area contributed by atoms with Gasteiger partial charge in [-0.05, 0) is 24.0 Å². The molecule has 0 radical (unpaired) electrons. The summed E-state index contributed by atoms with van der Waals surface area (Å²) < 4.78 is 17.2. The minimum absolute atomic E-state index is 0.129. The zero-order valence-electron chi connectivity index (χ0n) is 17.4. The van der Waals surface area contributed by atoms with Crippen LogP contribution >= 0.6 is 0 Å². The molecule has 0 aliphatic rings. The van der Waals surface area contributed by atoms with E-state index in [0.717, 1.165) is 22.2 Å². The van der Waals surface area contributed by atoms with Crippen molar-refractivity contribution in [1.82, 2.24) is 19.9 Å². The van der Waals surface area contributed by atoms with Crippen molar-refractivity contribution >= 4 is 40.8 Å². The summed E-state index contributed by atoms with van der Waals surface area (Å²) in [6, 6.07) is 12.4. The molecule has 32 heavy (non-hydrogen) atoms. The number of hydrogen-bond donors (Lipinski definition) is 5. The number of nitrogens with zero attached hydrogens (tertiary/aromatic N) is 3. The standard InChI is InChI=1S/C20H21BN6O4S/c1-11-16(14-7-4-8-15(32(22)30)17(14)24-11)18-25-19(27-20(26-18)31-2)23-10-12-5-3-6-13(9-12)21(28)29/h3-9,24,28-29H,10,22H2,1-2H3,(H,23,25,26,27). The molecule has 2 aromatic heterocycles. The molecule has 1 atom stereocenters. The van der Waals surface area contributed by atoms with Crippen molar-refractivity contribution in [1.29, 1.82) is 0 Å². The van der Waals surface area contributed by atoms with E-state index in [2.05, 4.69) is 25.3 Å². The van der Waals surface area contributed by atoms with Crippen LogP contribution in [0.25, 0.3) is 22.3 Å². The molecular weight excluding hydrogens is 431 g/mol. The van der Waals surface area contributed by atoms with Crippen LogP contribution in [-0.4, -0.2) is 48.8 Å². The van der Waals surface area contributed by atoms with Gasteiger partial charge < -0.3 is 29.6 Å². The molecule has 0 fully saturated rings. The van der Waals surface area contributed by atoms with Gasteiger partial charge in [-0.1, -0.05) is 36.4 Å².